The largest absolute Gasteiger partial charge is 0.478 e. The topological polar surface area (TPSA) is 74.7 Å². The Kier molecular flexibility index (Phi) is 5.66. The summed E-state index contributed by atoms with van der Waals surface area (Å²) in [7, 11) is -2.51. The molecular weight excluding hydrogens is 337 g/mol. The van der Waals surface area contributed by atoms with E-state index >= 15 is 0 Å². The highest BCUT2D eigenvalue weighted by Gasteiger charge is 2.31. The molecule has 0 fully saturated rings. The van der Waals surface area contributed by atoms with Crippen molar-refractivity contribution in [3.63, 3.8) is 0 Å². The van der Waals surface area contributed by atoms with E-state index < -0.39 is 16.0 Å². The van der Waals surface area contributed by atoms with E-state index in [0.717, 1.165) is 12.1 Å². The molecule has 1 unspecified atom stereocenters. The first-order valence-electron chi connectivity index (χ1n) is 6.20. The molecule has 0 amide bonds. The number of hydrogen-bond donors (Lipinski definition) is 1. The van der Waals surface area contributed by atoms with Gasteiger partial charge in [-0.05, 0) is 25.0 Å². The molecule has 118 valence electrons. The van der Waals surface area contributed by atoms with Crippen LogP contribution in [0.1, 0.15) is 31.1 Å². The van der Waals surface area contributed by atoms with Crippen LogP contribution in [0.3, 0.4) is 0 Å². The normalized spacial score (nSPS) is 13.7. The van der Waals surface area contributed by atoms with Gasteiger partial charge in [-0.25, -0.2) is 13.2 Å². The molecule has 0 radical (unpaired) electrons. The molecule has 1 N–H and O–H groups in total. The zero-order valence-corrected chi connectivity index (χ0v) is 14.4. The summed E-state index contributed by atoms with van der Waals surface area (Å²) in [6, 6.07) is 2.00. The van der Waals surface area contributed by atoms with E-state index in [9.17, 15) is 13.2 Å². The SMILES string of the molecule is CC(C)C(C)N(C)S(=O)(=O)c1cc(Cl)cc(C(=O)O)c1Cl. The van der Waals surface area contributed by atoms with Gasteiger partial charge in [0.1, 0.15) is 4.90 Å². The van der Waals surface area contributed by atoms with Gasteiger partial charge in [-0.3, -0.25) is 0 Å². The molecule has 1 atom stereocenters. The Balaban J connectivity index is 3.49. The first-order valence-corrected chi connectivity index (χ1v) is 8.40. The molecule has 0 aliphatic carbocycles. The first kappa shape index (κ1) is 18.2. The van der Waals surface area contributed by atoms with Crippen molar-refractivity contribution in [2.24, 2.45) is 5.92 Å². The van der Waals surface area contributed by atoms with Crippen LogP contribution in [-0.4, -0.2) is 36.9 Å². The van der Waals surface area contributed by atoms with Gasteiger partial charge in [0.15, 0.2) is 0 Å². The average Bonchev–Trinajstić information content (AvgIpc) is 2.38. The van der Waals surface area contributed by atoms with E-state index in [2.05, 4.69) is 0 Å². The maximum absolute atomic E-state index is 12.6. The molecule has 1 aromatic rings. The van der Waals surface area contributed by atoms with Crippen LogP contribution in [-0.2, 0) is 10.0 Å². The minimum atomic E-state index is -3.94. The van der Waals surface area contributed by atoms with Crippen LogP contribution in [0.5, 0.6) is 0 Å². The summed E-state index contributed by atoms with van der Waals surface area (Å²) in [5.74, 6) is -1.25. The Morgan fingerprint density at radius 1 is 1.24 bits per heavy atom. The van der Waals surface area contributed by atoms with Gasteiger partial charge in [-0.1, -0.05) is 37.0 Å². The highest BCUT2D eigenvalue weighted by atomic mass is 35.5. The molecule has 1 aromatic carbocycles. The Bertz CT molecular complexity index is 658. The molecule has 0 saturated heterocycles. The molecule has 21 heavy (non-hydrogen) atoms. The Labute approximate surface area is 134 Å². The van der Waals surface area contributed by atoms with Crippen LogP contribution < -0.4 is 0 Å². The van der Waals surface area contributed by atoms with Gasteiger partial charge in [0.05, 0.1) is 10.6 Å². The third-order valence-corrected chi connectivity index (χ3v) is 6.14. The number of rotatable bonds is 5. The van der Waals surface area contributed by atoms with Gasteiger partial charge in [-0.15, -0.1) is 0 Å². The summed E-state index contributed by atoms with van der Waals surface area (Å²) in [6.45, 7) is 5.54. The van der Waals surface area contributed by atoms with Crippen molar-refractivity contribution in [2.75, 3.05) is 7.05 Å². The van der Waals surface area contributed by atoms with Gasteiger partial charge in [0, 0.05) is 18.1 Å². The summed E-state index contributed by atoms with van der Waals surface area (Å²) in [5, 5.41) is 8.73. The minimum Gasteiger partial charge on any atom is -0.478 e. The Morgan fingerprint density at radius 2 is 1.76 bits per heavy atom. The first-order chi connectivity index (χ1) is 9.50. The molecule has 8 heteroatoms. The number of aromatic carboxylic acids is 1. The van der Waals surface area contributed by atoms with E-state index in [4.69, 9.17) is 28.3 Å². The Hall–Kier alpha value is -0.820. The van der Waals surface area contributed by atoms with Crippen LogP contribution in [0.15, 0.2) is 17.0 Å². The number of benzene rings is 1. The lowest BCUT2D eigenvalue weighted by atomic mass is 10.1. The van der Waals surface area contributed by atoms with E-state index in [1.165, 1.54) is 11.4 Å². The van der Waals surface area contributed by atoms with Crippen molar-refractivity contribution in [1.29, 1.82) is 0 Å². The molecule has 0 saturated carbocycles. The zero-order valence-electron chi connectivity index (χ0n) is 12.1. The molecule has 0 aliphatic rings. The third-order valence-electron chi connectivity index (χ3n) is 3.43. The smallest absolute Gasteiger partial charge is 0.337 e. The number of halogens is 2. The number of carbonyl (C=O) groups is 1. The molecule has 0 spiro atoms. The standard InChI is InChI=1S/C13H17Cl2NO4S/c1-7(2)8(3)16(4)21(19,20)11-6-9(14)5-10(12(11)15)13(17)18/h5-8H,1-4H3,(H,17,18). The predicted octanol–water partition coefficient (Wildman–Crippen LogP) is 3.36. The summed E-state index contributed by atoms with van der Waals surface area (Å²) < 4.78 is 26.4. The van der Waals surface area contributed by atoms with Crippen LogP contribution >= 0.6 is 23.2 Å². The van der Waals surface area contributed by atoms with Crippen LogP contribution in [0.2, 0.25) is 10.0 Å². The zero-order chi connectivity index (χ0) is 16.5. The lowest BCUT2D eigenvalue weighted by molar-refractivity contribution is 0.0697. The Morgan fingerprint density at radius 3 is 2.19 bits per heavy atom. The second-order valence-electron chi connectivity index (χ2n) is 5.08. The molecule has 0 aromatic heterocycles. The van der Waals surface area contributed by atoms with Crippen molar-refractivity contribution in [3.05, 3.63) is 27.7 Å². The molecule has 0 heterocycles. The van der Waals surface area contributed by atoms with Gasteiger partial charge in [-0.2, -0.15) is 4.31 Å². The molecule has 0 aliphatic heterocycles. The van der Waals surface area contributed by atoms with Crippen LogP contribution in [0.25, 0.3) is 0 Å². The van der Waals surface area contributed by atoms with E-state index in [1.54, 1.807) is 6.92 Å². The van der Waals surface area contributed by atoms with Crippen molar-refractivity contribution < 1.29 is 18.3 Å². The van der Waals surface area contributed by atoms with Gasteiger partial charge >= 0.3 is 5.97 Å². The third kappa shape index (κ3) is 3.69. The van der Waals surface area contributed by atoms with Gasteiger partial charge in [0.2, 0.25) is 10.0 Å². The average molecular weight is 354 g/mol. The second-order valence-corrected chi connectivity index (χ2v) is 7.86. The fourth-order valence-corrected chi connectivity index (χ4v) is 4.07. The molecular formula is C13H17Cl2NO4S. The predicted molar refractivity (Wildman–Crippen MR) is 82.7 cm³/mol. The fraction of sp³-hybridized carbons (Fsp3) is 0.462. The number of nitrogens with zero attached hydrogens (tertiary/aromatic N) is 1. The summed E-state index contributed by atoms with van der Waals surface area (Å²) in [6.07, 6.45) is 0. The molecule has 5 nitrogen and oxygen atoms in total. The lowest BCUT2D eigenvalue weighted by Crippen LogP contribution is -2.38. The highest BCUT2D eigenvalue weighted by Crippen LogP contribution is 2.32. The van der Waals surface area contributed by atoms with Crippen LogP contribution in [0, 0.1) is 5.92 Å². The lowest BCUT2D eigenvalue weighted by Gasteiger charge is -2.27. The fourth-order valence-electron chi connectivity index (χ4n) is 1.70. The highest BCUT2D eigenvalue weighted by molar-refractivity contribution is 7.89. The van der Waals surface area contributed by atoms with E-state index in [-0.39, 0.29) is 32.5 Å². The van der Waals surface area contributed by atoms with Crippen molar-refractivity contribution in [2.45, 2.75) is 31.7 Å². The van der Waals surface area contributed by atoms with Crippen LogP contribution in [0.4, 0.5) is 0 Å². The summed E-state index contributed by atoms with van der Waals surface area (Å²) in [5.41, 5.74) is -0.339. The molecule has 0 bridgehead atoms. The van der Waals surface area contributed by atoms with Crippen molar-refractivity contribution >= 4 is 39.2 Å². The van der Waals surface area contributed by atoms with Gasteiger partial charge in [0.25, 0.3) is 0 Å². The number of hydrogen-bond acceptors (Lipinski definition) is 3. The quantitative estimate of drug-likeness (QED) is 0.880. The monoisotopic (exact) mass is 353 g/mol. The van der Waals surface area contributed by atoms with E-state index in [1.807, 2.05) is 13.8 Å². The summed E-state index contributed by atoms with van der Waals surface area (Å²) >= 11 is 11.8. The maximum atomic E-state index is 12.6. The van der Waals surface area contributed by atoms with Gasteiger partial charge < -0.3 is 5.11 Å². The number of carboxylic acid groups (broad SMARTS) is 1. The maximum Gasteiger partial charge on any atom is 0.337 e. The number of sulfonamides is 1. The summed E-state index contributed by atoms with van der Waals surface area (Å²) in [4.78, 5) is 10.8. The second kappa shape index (κ2) is 6.52. The number of carboxylic acids is 1. The van der Waals surface area contributed by atoms with E-state index in [0.29, 0.717) is 0 Å². The minimum absolute atomic E-state index is 0.000903. The van der Waals surface area contributed by atoms with Crippen molar-refractivity contribution in [3.8, 4) is 0 Å². The van der Waals surface area contributed by atoms with Crippen molar-refractivity contribution in [1.82, 2.24) is 4.31 Å². The molecule has 1 rings (SSSR count).